The molecule has 0 aliphatic heterocycles. The van der Waals surface area contributed by atoms with Crippen molar-refractivity contribution in [2.75, 3.05) is 7.11 Å². The van der Waals surface area contributed by atoms with E-state index in [4.69, 9.17) is 11.2 Å². The van der Waals surface area contributed by atoms with Crippen molar-refractivity contribution in [2.45, 2.75) is 25.9 Å². The molecular weight excluding hydrogens is 186 g/mol. The normalized spacial score (nSPS) is 14.0. The van der Waals surface area contributed by atoms with Gasteiger partial charge in [0.25, 0.3) is 0 Å². The summed E-state index contributed by atoms with van der Waals surface area (Å²) in [5, 5.41) is 3.31. The van der Waals surface area contributed by atoms with Crippen LogP contribution in [0.15, 0.2) is 24.3 Å². The first-order valence-corrected chi connectivity index (χ1v) is 5.03. The van der Waals surface area contributed by atoms with Crippen molar-refractivity contribution in [3.8, 4) is 18.1 Å². The van der Waals surface area contributed by atoms with Gasteiger partial charge in [-0.15, -0.1) is 6.42 Å². The van der Waals surface area contributed by atoms with Crippen LogP contribution in [-0.4, -0.2) is 13.2 Å². The van der Waals surface area contributed by atoms with E-state index in [0.717, 1.165) is 5.75 Å². The third-order valence-electron chi connectivity index (χ3n) is 2.37. The molecule has 1 unspecified atom stereocenters. The fourth-order valence-corrected chi connectivity index (χ4v) is 1.41. The fraction of sp³-hybridized carbons (Fsp3) is 0.385. The highest BCUT2D eigenvalue weighted by Crippen LogP contribution is 2.17. The van der Waals surface area contributed by atoms with E-state index >= 15 is 0 Å². The summed E-state index contributed by atoms with van der Waals surface area (Å²) in [5.41, 5.74) is 1.21. The van der Waals surface area contributed by atoms with Crippen LogP contribution in [0.25, 0.3) is 0 Å². The van der Waals surface area contributed by atoms with Crippen LogP contribution in [0.4, 0.5) is 0 Å². The molecular formula is C13H17NO. The third-order valence-corrected chi connectivity index (χ3v) is 2.37. The Labute approximate surface area is 91.6 Å². The van der Waals surface area contributed by atoms with E-state index in [1.54, 1.807) is 7.11 Å². The molecule has 0 saturated heterocycles. The van der Waals surface area contributed by atoms with Gasteiger partial charge in [-0.05, 0) is 31.5 Å². The van der Waals surface area contributed by atoms with E-state index in [2.05, 4.69) is 18.2 Å². The molecule has 15 heavy (non-hydrogen) atoms. The highest BCUT2D eigenvalue weighted by Gasteiger charge is 2.07. The van der Waals surface area contributed by atoms with Gasteiger partial charge >= 0.3 is 0 Å². The molecule has 2 atom stereocenters. The Morgan fingerprint density at radius 1 is 1.27 bits per heavy atom. The lowest BCUT2D eigenvalue weighted by molar-refractivity contribution is 0.414. The highest BCUT2D eigenvalue weighted by atomic mass is 16.5. The average Bonchev–Trinajstić information content (AvgIpc) is 2.29. The molecule has 1 N–H and O–H groups in total. The summed E-state index contributed by atoms with van der Waals surface area (Å²) < 4.78 is 5.10. The van der Waals surface area contributed by atoms with E-state index in [0.29, 0.717) is 0 Å². The van der Waals surface area contributed by atoms with Crippen LogP contribution in [0.5, 0.6) is 5.75 Å². The Balaban J connectivity index is 2.66. The highest BCUT2D eigenvalue weighted by molar-refractivity contribution is 5.29. The van der Waals surface area contributed by atoms with Gasteiger partial charge in [0, 0.05) is 6.04 Å². The second-order valence-corrected chi connectivity index (χ2v) is 3.55. The number of benzene rings is 1. The molecule has 1 aromatic carbocycles. The lowest BCUT2D eigenvalue weighted by atomic mass is 10.1. The number of terminal acetylenes is 1. The Bertz CT molecular complexity index is 337. The summed E-state index contributed by atoms with van der Waals surface area (Å²) in [6, 6.07) is 8.32. The smallest absolute Gasteiger partial charge is 0.118 e. The largest absolute Gasteiger partial charge is 0.497 e. The van der Waals surface area contributed by atoms with E-state index < -0.39 is 0 Å². The maximum atomic E-state index is 5.31. The third kappa shape index (κ3) is 3.30. The Hall–Kier alpha value is -1.46. The minimum Gasteiger partial charge on any atom is -0.497 e. The van der Waals surface area contributed by atoms with Gasteiger partial charge in [0.05, 0.1) is 13.2 Å². The molecule has 0 heterocycles. The maximum Gasteiger partial charge on any atom is 0.118 e. The van der Waals surface area contributed by atoms with Gasteiger partial charge in [-0.1, -0.05) is 18.1 Å². The van der Waals surface area contributed by atoms with Crippen LogP contribution >= 0.6 is 0 Å². The lowest BCUT2D eigenvalue weighted by Gasteiger charge is -2.16. The molecule has 0 fully saturated rings. The number of methoxy groups -OCH3 is 1. The van der Waals surface area contributed by atoms with Crippen LogP contribution in [0.1, 0.15) is 25.5 Å². The van der Waals surface area contributed by atoms with E-state index in [1.807, 2.05) is 31.2 Å². The molecule has 80 valence electrons. The number of hydrogen-bond acceptors (Lipinski definition) is 2. The van der Waals surface area contributed by atoms with Crippen molar-refractivity contribution in [3.63, 3.8) is 0 Å². The van der Waals surface area contributed by atoms with Crippen molar-refractivity contribution < 1.29 is 4.74 Å². The quantitative estimate of drug-likeness (QED) is 0.758. The van der Waals surface area contributed by atoms with E-state index in [-0.39, 0.29) is 12.1 Å². The van der Waals surface area contributed by atoms with E-state index in [9.17, 15) is 0 Å². The first-order valence-electron chi connectivity index (χ1n) is 5.03. The summed E-state index contributed by atoms with van der Waals surface area (Å²) in [6.45, 7) is 4.07. The second kappa shape index (κ2) is 5.43. The van der Waals surface area contributed by atoms with Gasteiger partial charge in [-0.2, -0.15) is 0 Å². The zero-order valence-electron chi connectivity index (χ0n) is 9.45. The zero-order valence-corrected chi connectivity index (χ0v) is 9.45. The molecule has 0 amide bonds. The average molecular weight is 203 g/mol. The van der Waals surface area contributed by atoms with Crippen molar-refractivity contribution in [1.29, 1.82) is 0 Å². The lowest BCUT2D eigenvalue weighted by Crippen LogP contribution is -2.27. The van der Waals surface area contributed by atoms with Crippen LogP contribution in [0.2, 0.25) is 0 Å². The summed E-state index contributed by atoms with van der Waals surface area (Å²) in [6.07, 6.45) is 5.31. The first kappa shape index (κ1) is 11.6. The number of rotatable bonds is 4. The van der Waals surface area contributed by atoms with Gasteiger partial charge < -0.3 is 4.74 Å². The zero-order chi connectivity index (χ0) is 11.3. The first-order chi connectivity index (χ1) is 7.17. The summed E-state index contributed by atoms with van der Waals surface area (Å²) >= 11 is 0. The Kier molecular flexibility index (Phi) is 4.20. The van der Waals surface area contributed by atoms with E-state index in [1.165, 1.54) is 5.56 Å². The number of ether oxygens (including phenoxy) is 1. The van der Waals surface area contributed by atoms with Crippen molar-refractivity contribution >= 4 is 0 Å². The topological polar surface area (TPSA) is 21.3 Å². The minimum atomic E-state index is 0.0853. The van der Waals surface area contributed by atoms with Crippen LogP contribution in [0, 0.1) is 12.3 Å². The van der Waals surface area contributed by atoms with Crippen molar-refractivity contribution in [2.24, 2.45) is 0 Å². The minimum absolute atomic E-state index is 0.0853. The van der Waals surface area contributed by atoms with Crippen molar-refractivity contribution in [3.05, 3.63) is 29.8 Å². The summed E-state index contributed by atoms with van der Waals surface area (Å²) in [5.74, 6) is 3.52. The van der Waals surface area contributed by atoms with Gasteiger partial charge in [-0.25, -0.2) is 0 Å². The fourth-order valence-electron chi connectivity index (χ4n) is 1.41. The monoisotopic (exact) mass is 203 g/mol. The molecule has 2 heteroatoms. The molecule has 1 rings (SSSR count). The second-order valence-electron chi connectivity index (χ2n) is 3.55. The molecule has 0 spiro atoms. The Morgan fingerprint density at radius 2 is 1.87 bits per heavy atom. The predicted octanol–water partition coefficient (Wildman–Crippen LogP) is 2.37. The molecule has 2 nitrogen and oxygen atoms in total. The van der Waals surface area contributed by atoms with Crippen molar-refractivity contribution in [1.82, 2.24) is 5.32 Å². The molecule has 1 aromatic rings. The standard InChI is InChI=1S/C13H17NO/c1-5-10(2)14-11(3)12-6-8-13(15-4)9-7-12/h1,6-11,14H,2-4H3/t10?,11-/m1/s1. The maximum absolute atomic E-state index is 5.31. The summed E-state index contributed by atoms with van der Waals surface area (Å²) in [4.78, 5) is 0. The van der Waals surface area contributed by atoms with Crippen LogP contribution in [-0.2, 0) is 0 Å². The number of hydrogen-bond donors (Lipinski definition) is 1. The van der Waals surface area contributed by atoms with Gasteiger partial charge in [0.15, 0.2) is 0 Å². The number of nitrogens with one attached hydrogen (secondary N) is 1. The SMILES string of the molecule is C#CC(C)N[C@H](C)c1ccc(OC)cc1. The van der Waals surface area contributed by atoms with Gasteiger partial charge in [-0.3, -0.25) is 5.32 Å². The molecule has 0 aromatic heterocycles. The Morgan fingerprint density at radius 3 is 2.33 bits per heavy atom. The van der Waals surface area contributed by atoms with Crippen LogP contribution < -0.4 is 10.1 Å². The van der Waals surface area contributed by atoms with Gasteiger partial charge in [0.2, 0.25) is 0 Å². The van der Waals surface area contributed by atoms with Gasteiger partial charge in [0.1, 0.15) is 5.75 Å². The van der Waals surface area contributed by atoms with Crippen LogP contribution in [0.3, 0.4) is 0 Å². The molecule has 0 aliphatic rings. The molecule has 0 bridgehead atoms. The molecule has 0 radical (unpaired) electrons. The summed E-state index contributed by atoms with van der Waals surface area (Å²) in [7, 11) is 1.66. The molecule has 0 saturated carbocycles. The molecule has 0 aliphatic carbocycles. The predicted molar refractivity (Wildman–Crippen MR) is 62.8 cm³/mol.